The van der Waals surface area contributed by atoms with Gasteiger partial charge in [-0.25, -0.2) is 27.8 Å². The van der Waals surface area contributed by atoms with E-state index in [1.807, 2.05) is 0 Å². The van der Waals surface area contributed by atoms with E-state index in [9.17, 15) is 35.5 Å². The second-order valence-corrected chi connectivity index (χ2v) is 14.7. The zero-order chi connectivity index (χ0) is 37.6. The molecule has 15 heteroatoms. The molecule has 0 bridgehead atoms. The standard InChI is InChI=1S/2C18H35NO5S.Mg/c2*1-2-3-4-5-6-7-8-9-10-11-12-13-14-15-16-17-18(20)19-24-25(21,22)23;/h2*9-10H,2-8,11-17H2,1H3,(H,19,20)(H,21,22,23);/q;;+2/p-2/b2*10-9-;. The first kappa shape index (κ1) is 54.3. The molecule has 0 heterocycles. The minimum Gasteiger partial charge on any atom is -0.724 e. The molecule has 0 atom stereocenters. The van der Waals surface area contributed by atoms with Crippen molar-refractivity contribution in [1.29, 1.82) is 0 Å². The second-order valence-electron chi connectivity index (χ2n) is 12.7. The van der Waals surface area contributed by atoms with Crippen molar-refractivity contribution in [3.63, 3.8) is 0 Å². The molecule has 0 aliphatic carbocycles. The molecule has 0 spiro atoms. The third-order valence-electron chi connectivity index (χ3n) is 7.85. The zero-order valence-corrected chi connectivity index (χ0v) is 34.8. The van der Waals surface area contributed by atoms with Gasteiger partial charge in [-0.05, 0) is 64.2 Å². The van der Waals surface area contributed by atoms with Gasteiger partial charge in [0.1, 0.15) is 0 Å². The molecular formula is C36H68MgN2O10S2. The molecule has 51 heavy (non-hydrogen) atoms. The van der Waals surface area contributed by atoms with Gasteiger partial charge >= 0.3 is 23.1 Å². The van der Waals surface area contributed by atoms with Crippen LogP contribution in [0.1, 0.15) is 194 Å². The van der Waals surface area contributed by atoms with Gasteiger partial charge in [0.25, 0.3) is 0 Å². The van der Waals surface area contributed by atoms with E-state index in [0.717, 1.165) is 64.2 Å². The summed E-state index contributed by atoms with van der Waals surface area (Å²) >= 11 is 0. The van der Waals surface area contributed by atoms with Gasteiger partial charge in [0, 0.05) is 12.8 Å². The number of rotatable bonds is 34. The summed E-state index contributed by atoms with van der Waals surface area (Å²) < 4.78 is 68.3. The van der Waals surface area contributed by atoms with Crippen LogP contribution in [-0.2, 0) is 39.0 Å². The van der Waals surface area contributed by atoms with Gasteiger partial charge in [-0.2, -0.15) is 8.57 Å². The fourth-order valence-corrected chi connectivity index (χ4v) is 5.40. The van der Waals surface area contributed by atoms with Gasteiger partial charge in [0.05, 0.1) is 0 Å². The van der Waals surface area contributed by atoms with Gasteiger partial charge in [-0.1, -0.05) is 141 Å². The van der Waals surface area contributed by atoms with Crippen molar-refractivity contribution in [3.05, 3.63) is 24.3 Å². The van der Waals surface area contributed by atoms with E-state index in [4.69, 9.17) is 0 Å². The largest absolute Gasteiger partial charge is 2.00 e. The summed E-state index contributed by atoms with van der Waals surface area (Å²) in [7, 11) is -9.73. The van der Waals surface area contributed by atoms with Crippen LogP contribution in [0.25, 0.3) is 0 Å². The van der Waals surface area contributed by atoms with Crippen molar-refractivity contribution in [2.45, 2.75) is 194 Å². The molecule has 12 nitrogen and oxygen atoms in total. The van der Waals surface area contributed by atoms with Crippen LogP contribution in [0.15, 0.2) is 24.3 Å². The summed E-state index contributed by atoms with van der Waals surface area (Å²) in [6.45, 7) is 4.47. The van der Waals surface area contributed by atoms with Crippen LogP contribution < -0.4 is 11.0 Å². The molecule has 0 aromatic rings. The predicted octanol–water partition coefficient (Wildman–Crippen LogP) is 8.68. The number of unbranched alkanes of at least 4 members (excludes halogenated alkanes) is 22. The van der Waals surface area contributed by atoms with E-state index < -0.39 is 32.6 Å². The molecule has 0 aromatic heterocycles. The van der Waals surface area contributed by atoms with E-state index in [2.05, 4.69) is 46.7 Å². The minimum atomic E-state index is -4.87. The van der Waals surface area contributed by atoms with Crippen LogP contribution in [0.4, 0.5) is 0 Å². The van der Waals surface area contributed by atoms with Crippen LogP contribution in [0.5, 0.6) is 0 Å². The number of nitrogens with one attached hydrogen (secondary N) is 2. The van der Waals surface area contributed by atoms with Crippen LogP contribution >= 0.6 is 0 Å². The Bertz CT molecular complexity index is 988. The molecule has 0 aliphatic heterocycles. The summed E-state index contributed by atoms with van der Waals surface area (Å²) in [5.74, 6) is -1.17. The van der Waals surface area contributed by atoms with Crippen molar-refractivity contribution < 1.29 is 44.1 Å². The first-order chi connectivity index (χ1) is 23.9. The van der Waals surface area contributed by atoms with Crippen molar-refractivity contribution in [2.24, 2.45) is 0 Å². The van der Waals surface area contributed by atoms with Gasteiger partial charge in [-0.15, -0.1) is 0 Å². The van der Waals surface area contributed by atoms with Gasteiger partial charge in [0.15, 0.2) is 0 Å². The van der Waals surface area contributed by atoms with Crippen LogP contribution in [0, 0.1) is 0 Å². The SMILES string of the molecule is CCCCCCCC/C=C\CCCCCCCC(=O)NOS(=O)(=O)[O-].CCCCCCCC/C=C\CCCCCCCC(=O)NOS(=O)(=O)[O-].[Mg+2]. The van der Waals surface area contributed by atoms with Crippen LogP contribution in [0.3, 0.4) is 0 Å². The Morgan fingerprint density at radius 1 is 0.451 bits per heavy atom. The number of hydrogen-bond acceptors (Lipinski definition) is 10. The zero-order valence-electron chi connectivity index (χ0n) is 31.7. The first-order valence-corrected chi connectivity index (χ1v) is 21.7. The average molecular weight is 777 g/mol. The number of allylic oxidation sites excluding steroid dienone is 4. The fourth-order valence-electron chi connectivity index (χ4n) is 5.01. The fraction of sp³-hybridized carbons (Fsp3) is 0.833. The van der Waals surface area contributed by atoms with Gasteiger partial charge in [0.2, 0.25) is 32.6 Å². The molecule has 296 valence electrons. The summed E-state index contributed by atoms with van der Waals surface area (Å²) in [4.78, 5) is 22.4. The molecule has 2 amide bonds. The second kappa shape index (κ2) is 40.1. The normalized spacial score (nSPS) is 11.7. The topological polar surface area (TPSA) is 191 Å². The molecule has 0 aromatic carbocycles. The van der Waals surface area contributed by atoms with Crippen molar-refractivity contribution in [1.82, 2.24) is 11.0 Å². The van der Waals surface area contributed by atoms with E-state index in [0.29, 0.717) is 12.8 Å². The van der Waals surface area contributed by atoms with Gasteiger partial charge in [-0.3, -0.25) is 9.59 Å². The molecule has 0 rings (SSSR count). The van der Waals surface area contributed by atoms with Crippen molar-refractivity contribution in [3.8, 4) is 0 Å². The molecular weight excluding hydrogens is 709 g/mol. The molecule has 0 fully saturated rings. The summed E-state index contributed by atoms with van der Waals surface area (Å²) in [6.07, 6.45) is 39.7. The summed E-state index contributed by atoms with van der Waals surface area (Å²) in [6, 6.07) is 0. The number of carbonyl (C=O) groups excluding carboxylic acids is 2. The maximum atomic E-state index is 11.2. The van der Waals surface area contributed by atoms with Crippen LogP contribution in [-0.4, -0.2) is 60.8 Å². The average Bonchev–Trinajstić information content (AvgIpc) is 3.06. The summed E-state index contributed by atoms with van der Waals surface area (Å²) in [5.41, 5.74) is 3.25. The maximum Gasteiger partial charge on any atom is 2.00 e. The molecule has 0 aliphatic rings. The summed E-state index contributed by atoms with van der Waals surface area (Å²) in [5, 5.41) is 0. The Balaban J connectivity index is -0.000000886. The Labute approximate surface area is 327 Å². The van der Waals surface area contributed by atoms with E-state index in [1.165, 1.54) is 89.9 Å². The van der Waals surface area contributed by atoms with Gasteiger partial charge < -0.3 is 9.11 Å². The molecule has 0 unspecified atom stereocenters. The smallest absolute Gasteiger partial charge is 0.724 e. The molecule has 2 N–H and O–H groups in total. The van der Waals surface area contributed by atoms with E-state index in [1.54, 1.807) is 11.0 Å². The Kier molecular flexibility index (Phi) is 42.7. The third kappa shape index (κ3) is 53.4. The maximum absolute atomic E-state index is 11.2. The Morgan fingerprint density at radius 3 is 0.941 bits per heavy atom. The van der Waals surface area contributed by atoms with Crippen molar-refractivity contribution in [2.75, 3.05) is 0 Å². The minimum absolute atomic E-state index is 0. The number of hydroxylamine groups is 2. The number of hydrogen-bond donors (Lipinski definition) is 2. The molecule has 0 saturated heterocycles. The number of carbonyl (C=O) groups is 2. The Hall–Kier alpha value is -1.07. The van der Waals surface area contributed by atoms with Crippen molar-refractivity contribution >= 4 is 55.7 Å². The van der Waals surface area contributed by atoms with E-state index in [-0.39, 0.29) is 35.9 Å². The number of amides is 2. The van der Waals surface area contributed by atoms with E-state index >= 15 is 0 Å². The molecule has 0 radical (unpaired) electrons. The predicted molar refractivity (Wildman–Crippen MR) is 203 cm³/mol. The van der Waals surface area contributed by atoms with Crippen LogP contribution in [0.2, 0.25) is 0 Å². The molecule has 0 saturated carbocycles. The Morgan fingerprint density at radius 2 is 0.686 bits per heavy atom. The quantitative estimate of drug-likeness (QED) is 0.0160. The third-order valence-corrected chi connectivity index (χ3v) is 8.42. The first-order valence-electron chi connectivity index (χ1n) is 19.1. The monoisotopic (exact) mass is 776 g/mol.